The fourth-order valence-electron chi connectivity index (χ4n) is 2.48. The van der Waals surface area contributed by atoms with Crippen LogP contribution in [0.1, 0.15) is 34.6 Å². The molecule has 0 aromatic rings. The molecule has 2 N–H and O–H groups in total. The van der Waals surface area contributed by atoms with Crippen molar-refractivity contribution >= 4 is 36.0 Å². The van der Waals surface area contributed by atoms with E-state index in [4.69, 9.17) is 9.47 Å². The Balaban J connectivity index is 0.00000676. The summed E-state index contributed by atoms with van der Waals surface area (Å²) in [5.41, 5.74) is -0.478. The lowest BCUT2D eigenvalue weighted by atomic mass is 10.2. The van der Waals surface area contributed by atoms with Crippen LogP contribution in [0.2, 0.25) is 0 Å². The van der Waals surface area contributed by atoms with Gasteiger partial charge in [-0.3, -0.25) is 9.89 Å². The van der Waals surface area contributed by atoms with E-state index in [0.717, 1.165) is 51.9 Å². The third-order valence-electron chi connectivity index (χ3n) is 3.84. The van der Waals surface area contributed by atoms with E-state index >= 15 is 0 Å². The number of carbonyl (C=O) groups is 1. The summed E-state index contributed by atoms with van der Waals surface area (Å²) in [5, 5.41) is 6.53. The van der Waals surface area contributed by atoms with Gasteiger partial charge in [-0.25, -0.2) is 4.79 Å². The maximum absolute atomic E-state index is 12.2. The predicted molar refractivity (Wildman–Crippen MR) is 120 cm³/mol. The standard InChI is InChI=1S/C18H37N5O3.HI/c1-6-19-16(20-8-10-22-12-14-25-15-13-22)21-9-11-23(7-2)17(24)26-18(3,4)5;/h6-15H2,1-5H3,(H2,19,20,21);1H. The predicted octanol–water partition coefficient (Wildman–Crippen LogP) is 1.75. The van der Waals surface area contributed by atoms with Gasteiger partial charge in [-0.15, -0.1) is 24.0 Å². The molecule has 1 amide bonds. The molecule has 0 unspecified atom stereocenters. The SMILES string of the molecule is CCNC(=NCCN1CCOCC1)NCCN(CC)C(=O)OC(C)(C)C.I. The van der Waals surface area contributed by atoms with Crippen molar-refractivity contribution in [1.82, 2.24) is 20.4 Å². The number of aliphatic imine (C=N–C) groups is 1. The Hall–Kier alpha value is -0.810. The van der Waals surface area contributed by atoms with Crippen LogP contribution in [0.25, 0.3) is 0 Å². The monoisotopic (exact) mass is 499 g/mol. The Morgan fingerprint density at radius 1 is 1.22 bits per heavy atom. The van der Waals surface area contributed by atoms with Gasteiger partial charge in [0.15, 0.2) is 5.96 Å². The summed E-state index contributed by atoms with van der Waals surface area (Å²) in [7, 11) is 0. The largest absolute Gasteiger partial charge is 0.444 e. The number of amides is 1. The van der Waals surface area contributed by atoms with Crippen molar-refractivity contribution in [2.75, 3.05) is 65.6 Å². The van der Waals surface area contributed by atoms with Crippen LogP contribution in [0.15, 0.2) is 4.99 Å². The van der Waals surface area contributed by atoms with Gasteiger partial charge in [0.1, 0.15) is 5.60 Å². The first-order chi connectivity index (χ1) is 12.4. The topological polar surface area (TPSA) is 78.4 Å². The third-order valence-corrected chi connectivity index (χ3v) is 3.84. The molecule has 0 saturated carbocycles. The van der Waals surface area contributed by atoms with Gasteiger partial charge in [-0.05, 0) is 34.6 Å². The van der Waals surface area contributed by atoms with E-state index in [1.165, 1.54) is 0 Å². The van der Waals surface area contributed by atoms with E-state index < -0.39 is 5.60 Å². The van der Waals surface area contributed by atoms with Crippen molar-refractivity contribution in [1.29, 1.82) is 0 Å². The Morgan fingerprint density at radius 2 is 1.89 bits per heavy atom. The van der Waals surface area contributed by atoms with Gasteiger partial charge < -0.3 is 25.0 Å². The highest BCUT2D eigenvalue weighted by Gasteiger charge is 2.20. The van der Waals surface area contributed by atoms with Gasteiger partial charge in [-0.2, -0.15) is 0 Å². The number of hydrogen-bond acceptors (Lipinski definition) is 5. The molecule has 9 heteroatoms. The molecule has 1 rings (SSSR count). The molecule has 8 nitrogen and oxygen atoms in total. The van der Waals surface area contributed by atoms with Crippen molar-refractivity contribution in [3.05, 3.63) is 0 Å². The van der Waals surface area contributed by atoms with Gasteiger partial charge in [0.25, 0.3) is 0 Å². The molecule has 1 fully saturated rings. The first-order valence-corrected chi connectivity index (χ1v) is 9.66. The molecule has 27 heavy (non-hydrogen) atoms. The van der Waals surface area contributed by atoms with Crippen LogP contribution in [0, 0.1) is 0 Å². The Morgan fingerprint density at radius 3 is 2.44 bits per heavy atom. The van der Waals surface area contributed by atoms with Crippen LogP contribution in [0.3, 0.4) is 0 Å². The van der Waals surface area contributed by atoms with Crippen molar-refractivity contribution in [2.24, 2.45) is 4.99 Å². The highest BCUT2D eigenvalue weighted by molar-refractivity contribution is 14.0. The first-order valence-electron chi connectivity index (χ1n) is 9.66. The second-order valence-electron chi connectivity index (χ2n) is 7.20. The number of carbonyl (C=O) groups excluding carboxylic acids is 1. The smallest absolute Gasteiger partial charge is 0.410 e. The number of ether oxygens (including phenoxy) is 2. The number of nitrogens with zero attached hydrogens (tertiary/aromatic N) is 3. The summed E-state index contributed by atoms with van der Waals surface area (Å²) >= 11 is 0. The van der Waals surface area contributed by atoms with Gasteiger partial charge >= 0.3 is 6.09 Å². The Bertz CT molecular complexity index is 437. The Kier molecular flexibility index (Phi) is 13.8. The van der Waals surface area contributed by atoms with E-state index in [1.807, 2.05) is 34.6 Å². The molecule has 1 saturated heterocycles. The first kappa shape index (κ1) is 26.2. The molecular formula is C18H38IN5O3. The minimum Gasteiger partial charge on any atom is -0.444 e. The zero-order valence-corrected chi connectivity index (χ0v) is 19.9. The molecule has 0 aromatic heterocycles. The fourth-order valence-corrected chi connectivity index (χ4v) is 2.48. The lowest BCUT2D eigenvalue weighted by Gasteiger charge is -2.27. The van der Waals surface area contributed by atoms with E-state index in [1.54, 1.807) is 4.90 Å². The zero-order valence-electron chi connectivity index (χ0n) is 17.5. The van der Waals surface area contributed by atoms with Crippen molar-refractivity contribution in [2.45, 2.75) is 40.2 Å². The van der Waals surface area contributed by atoms with Crippen LogP contribution < -0.4 is 10.6 Å². The highest BCUT2D eigenvalue weighted by atomic mass is 127. The number of nitrogens with one attached hydrogen (secondary N) is 2. The average molecular weight is 499 g/mol. The van der Waals surface area contributed by atoms with Crippen LogP contribution >= 0.6 is 24.0 Å². The van der Waals surface area contributed by atoms with Gasteiger partial charge in [0.05, 0.1) is 19.8 Å². The second-order valence-corrected chi connectivity index (χ2v) is 7.20. The molecule has 160 valence electrons. The van der Waals surface area contributed by atoms with Gasteiger partial charge in [0.2, 0.25) is 0 Å². The van der Waals surface area contributed by atoms with Gasteiger partial charge in [-0.1, -0.05) is 0 Å². The average Bonchev–Trinajstić information content (AvgIpc) is 2.58. The molecule has 0 radical (unpaired) electrons. The van der Waals surface area contributed by atoms with E-state index in [2.05, 4.69) is 20.5 Å². The molecule has 1 aliphatic heterocycles. The number of hydrogen-bond donors (Lipinski definition) is 2. The Labute approximate surface area is 181 Å². The van der Waals surface area contributed by atoms with E-state index in [9.17, 15) is 4.79 Å². The van der Waals surface area contributed by atoms with Crippen molar-refractivity contribution < 1.29 is 14.3 Å². The van der Waals surface area contributed by atoms with Crippen molar-refractivity contribution in [3.8, 4) is 0 Å². The molecule has 0 spiro atoms. The summed E-state index contributed by atoms with van der Waals surface area (Å²) in [5.74, 6) is 0.779. The number of likely N-dealkylation sites (N-methyl/N-ethyl adjacent to an activating group) is 1. The lowest BCUT2D eigenvalue weighted by molar-refractivity contribution is 0.0264. The summed E-state index contributed by atoms with van der Waals surface area (Å²) in [6, 6.07) is 0. The van der Waals surface area contributed by atoms with Gasteiger partial charge in [0, 0.05) is 45.8 Å². The number of morpholine rings is 1. The summed E-state index contributed by atoms with van der Waals surface area (Å²) in [6.07, 6.45) is -0.281. The number of rotatable bonds is 8. The molecular weight excluding hydrogens is 461 g/mol. The van der Waals surface area contributed by atoms with Crippen LogP contribution in [0.4, 0.5) is 4.79 Å². The second kappa shape index (κ2) is 14.2. The van der Waals surface area contributed by atoms with E-state index in [0.29, 0.717) is 19.6 Å². The summed E-state index contributed by atoms with van der Waals surface area (Å²) in [4.78, 5) is 20.8. The van der Waals surface area contributed by atoms with Crippen molar-refractivity contribution in [3.63, 3.8) is 0 Å². The van der Waals surface area contributed by atoms with Crippen LogP contribution in [0.5, 0.6) is 0 Å². The molecule has 0 aromatic carbocycles. The number of halogens is 1. The quantitative estimate of drug-likeness (QED) is 0.301. The molecule has 0 atom stereocenters. The molecule has 1 heterocycles. The highest BCUT2D eigenvalue weighted by Crippen LogP contribution is 2.09. The normalized spacial score (nSPS) is 15.7. The molecule has 0 bridgehead atoms. The maximum atomic E-state index is 12.2. The number of guanidine groups is 1. The van der Waals surface area contributed by atoms with Crippen LogP contribution in [-0.4, -0.2) is 93.0 Å². The summed E-state index contributed by atoms with van der Waals surface area (Å²) in [6.45, 7) is 17.4. The fraction of sp³-hybridized carbons (Fsp3) is 0.889. The van der Waals surface area contributed by atoms with Crippen LogP contribution in [-0.2, 0) is 9.47 Å². The summed E-state index contributed by atoms with van der Waals surface area (Å²) < 4.78 is 10.8. The minimum atomic E-state index is -0.478. The minimum absolute atomic E-state index is 0. The van der Waals surface area contributed by atoms with E-state index in [-0.39, 0.29) is 30.1 Å². The maximum Gasteiger partial charge on any atom is 0.410 e. The lowest BCUT2D eigenvalue weighted by Crippen LogP contribution is -2.44. The molecule has 1 aliphatic rings. The zero-order chi connectivity index (χ0) is 19.4. The molecule has 0 aliphatic carbocycles. The third kappa shape index (κ3) is 12.3.